The van der Waals surface area contributed by atoms with E-state index in [9.17, 15) is 10.1 Å². The van der Waals surface area contributed by atoms with Crippen molar-refractivity contribution in [3.8, 4) is 5.75 Å². The van der Waals surface area contributed by atoms with E-state index < -0.39 is 4.92 Å². The van der Waals surface area contributed by atoms with Crippen molar-refractivity contribution in [2.75, 3.05) is 17.9 Å². The van der Waals surface area contributed by atoms with Crippen LogP contribution < -0.4 is 20.9 Å². The molecule has 2 aromatic carbocycles. The number of nitrogens with zero attached hydrogens (tertiary/aromatic N) is 1. The molecule has 22 heavy (non-hydrogen) atoms. The molecule has 0 aromatic heterocycles. The molecule has 0 saturated heterocycles. The number of nitrogens with one attached hydrogen (secondary N) is 3. The molecule has 0 heterocycles. The number of nitro groups is 1. The lowest BCUT2D eigenvalue weighted by Crippen LogP contribution is -2.33. The molecule has 0 saturated carbocycles. The first-order chi connectivity index (χ1) is 10.6. The largest absolute Gasteiger partial charge is 0.497 e. The van der Waals surface area contributed by atoms with Gasteiger partial charge >= 0.3 is 0 Å². The Morgan fingerprint density at radius 1 is 1.18 bits per heavy atom. The topological polar surface area (TPSA) is 88.5 Å². The van der Waals surface area contributed by atoms with Crippen LogP contribution in [0.25, 0.3) is 0 Å². The fraction of sp³-hybridized carbons (Fsp3) is 0.0714. The zero-order valence-corrected chi connectivity index (χ0v) is 12.5. The van der Waals surface area contributed by atoms with Gasteiger partial charge < -0.3 is 10.1 Å². The van der Waals surface area contributed by atoms with E-state index in [4.69, 9.17) is 17.0 Å². The fourth-order valence-electron chi connectivity index (χ4n) is 1.66. The SMILES string of the molecule is COc1ccc(NC(=S)NNc2cccc([N+](=O)[O-])c2)cc1. The highest BCUT2D eigenvalue weighted by Crippen LogP contribution is 2.17. The monoisotopic (exact) mass is 318 g/mol. The first kappa shape index (κ1) is 15.5. The van der Waals surface area contributed by atoms with Crippen molar-refractivity contribution in [1.29, 1.82) is 0 Å². The molecule has 2 rings (SSSR count). The Morgan fingerprint density at radius 3 is 2.55 bits per heavy atom. The molecule has 7 nitrogen and oxygen atoms in total. The van der Waals surface area contributed by atoms with Gasteiger partial charge in [-0.3, -0.25) is 21.0 Å². The molecule has 114 valence electrons. The summed E-state index contributed by atoms with van der Waals surface area (Å²) in [6, 6.07) is 13.3. The van der Waals surface area contributed by atoms with Crippen molar-refractivity contribution in [1.82, 2.24) is 5.43 Å². The average Bonchev–Trinajstić information content (AvgIpc) is 2.54. The van der Waals surface area contributed by atoms with Crippen LogP contribution in [0.2, 0.25) is 0 Å². The van der Waals surface area contributed by atoms with Crippen LogP contribution in [-0.2, 0) is 0 Å². The van der Waals surface area contributed by atoms with Crippen LogP contribution >= 0.6 is 12.2 Å². The van der Waals surface area contributed by atoms with Gasteiger partial charge in [-0.05, 0) is 42.5 Å². The highest BCUT2D eigenvalue weighted by molar-refractivity contribution is 7.80. The number of thiocarbonyl (C=S) groups is 1. The first-order valence-corrected chi connectivity index (χ1v) is 6.71. The summed E-state index contributed by atoms with van der Waals surface area (Å²) in [7, 11) is 1.59. The van der Waals surface area contributed by atoms with Gasteiger partial charge in [0, 0.05) is 17.8 Å². The number of ether oxygens (including phenoxy) is 1. The van der Waals surface area contributed by atoms with Crippen molar-refractivity contribution in [3.63, 3.8) is 0 Å². The number of non-ortho nitro benzene ring substituents is 1. The molecule has 0 radical (unpaired) electrons. The van der Waals surface area contributed by atoms with Crippen molar-refractivity contribution in [2.45, 2.75) is 0 Å². The van der Waals surface area contributed by atoms with Gasteiger partial charge in [0.25, 0.3) is 5.69 Å². The van der Waals surface area contributed by atoms with Crippen LogP contribution in [0.4, 0.5) is 17.1 Å². The minimum absolute atomic E-state index is 0.000770. The number of anilines is 2. The van der Waals surface area contributed by atoms with E-state index in [1.54, 1.807) is 31.4 Å². The molecule has 8 heteroatoms. The Bertz CT molecular complexity index is 676. The van der Waals surface area contributed by atoms with E-state index in [-0.39, 0.29) is 5.69 Å². The molecule has 0 spiro atoms. The lowest BCUT2D eigenvalue weighted by atomic mass is 10.3. The second-order valence-electron chi connectivity index (χ2n) is 4.24. The van der Waals surface area contributed by atoms with E-state index in [1.807, 2.05) is 12.1 Å². The van der Waals surface area contributed by atoms with Gasteiger partial charge in [-0.1, -0.05) is 6.07 Å². The van der Waals surface area contributed by atoms with Gasteiger partial charge in [0.05, 0.1) is 17.7 Å². The fourth-order valence-corrected chi connectivity index (χ4v) is 1.83. The van der Waals surface area contributed by atoms with Crippen molar-refractivity contribution < 1.29 is 9.66 Å². The summed E-state index contributed by atoms with van der Waals surface area (Å²) < 4.78 is 5.07. The number of nitro benzene ring substituents is 1. The van der Waals surface area contributed by atoms with Crippen LogP contribution in [0.3, 0.4) is 0 Å². The quantitative estimate of drug-likeness (QED) is 0.444. The summed E-state index contributed by atoms with van der Waals surface area (Å²) in [4.78, 5) is 10.2. The van der Waals surface area contributed by atoms with Gasteiger partial charge in [-0.25, -0.2) is 0 Å². The Hall–Kier alpha value is -2.87. The molecule has 0 aliphatic heterocycles. The van der Waals surface area contributed by atoms with E-state index in [0.717, 1.165) is 11.4 Å². The molecular weight excluding hydrogens is 304 g/mol. The molecule has 0 aliphatic rings. The molecule has 0 unspecified atom stereocenters. The minimum atomic E-state index is -0.459. The summed E-state index contributed by atoms with van der Waals surface area (Å²) in [5.74, 6) is 0.749. The lowest BCUT2D eigenvalue weighted by Gasteiger charge is -2.12. The van der Waals surface area contributed by atoms with Gasteiger partial charge in [0.15, 0.2) is 5.11 Å². The van der Waals surface area contributed by atoms with Gasteiger partial charge in [-0.2, -0.15) is 0 Å². The van der Waals surface area contributed by atoms with Crippen LogP contribution in [0.15, 0.2) is 48.5 Å². The Labute approximate surface area is 132 Å². The van der Waals surface area contributed by atoms with E-state index in [2.05, 4.69) is 16.2 Å². The standard InChI is InChI=1S/C14H14N4O3S/c1-21-13-7-5-10(6-8-13)15-14(22)17-16-11-3-2-4-12(9-11)18(19)20/h2-9,16H,1H3,(H2,15,17,22). The number of benzene rings is 2. The third-order valence-electron chi connectivity index (χ3n) is 2.73. The normalized spacial score (nSPS) is 9.68. The lowest BCUT2D eigenvalue weighted by molar-refractivity contribution is -0.384. The van der Waals surface area contributed by atoms with Gasteiger partial charge in [-0.15, -0.1) is 0 Å². The van der Waals surface area contributed by atoms with Crippen LogP contribution in [0, 0.1) is 10.1 Å². The summed E-state index contributed by atoms with van der Waals surface area (Å²) in [6.45, 7) is 0. The number of hydrogen-bond acceptors (Lipinski definition) is 5. The number of hydrogen-bond donors (Lipinski definition) is 3. The van der Waals surface area contributed by atoms with Crippen molar-refractivity contribution in [3.05, 3.63) is 58.6 Å². The Kier molecular flexibility index (Phi) is 5.10. The first-order valence-electron chi connectivity index (χ1n) is 6.30. The second-order valence-corrected chi connectivity index (χ2v) is 4.65. The third kappa shape index (κ3) is 4.32. The number of methoxy groups -OCH3 is 1. The molecule has 0 atom stereocenters. The second kappa shape index (κ2) is 7.23. The molecule has 2 aromatic rings. The van der Waals surface area contributed by atoms with Crippen LogP contribution in [0.5, 0.6) is 5.75 Å². The molecule has 3 N–H and O–H groups in total. The van der Waals surface area contributed by atoms with Crippen molar-refractivity contribution >= 4 is 34.4 Å². The van der Waals surface area contributed by atoms with Gasteiger partial charge in [0.2, 0.25) is 0 Å². The number of rotatable bonds is 5. The predicted molar refractivity (Wildman–Crippen MR) is 89.1 cm³/mol. The maximum Gasteiger partial charge on any atom is 0.271 e. The minimum Gasteiger partial charge on any atom is -0.497 e. The van der Waals surface area contributed by atoms with E-state index in [0.29, 0.717) is 10.8 Å². The zero-order chi connectivity index (χ0) is 15.9. The van der Waals surface area contributed by atoms with E-state index >= 15 is 0 Å². The summed E-state index contributed by atoms with van der Waals surface area (Å²) in [5, 5.41) is 14.0. The molecule has 0 amide bonds. The highest BCUT2D eigenvalue weighted by Gasteiger charge is 2.05. The summed E-state index contributed by atoms with van der Waals surface area (Å²) >= 11 is 5.13. The van der Waals surface area contributed by atoms with Crippen LogP contribution in [-0.4, -0.2) is 17.1 Å². The molecule has 0 bridgehead atoms. The third-order valence-corrected chi connectivity index (χ3v) is 2.93. The smallest absolute Gasteiger partial charge is 0.271 e. The molecule has 0 aliphatic carbocycles. The maximum absolute atomic E-state index is 10.7. The van der Waals surface area contributed by atoms with Crippen molar-refractivity contribution in [2.24, 2.45) is 0 Å². The average molecular weight is 318 g/mol. The zero-order valence-electron chi connectivity index (χ0n) is 11.7. The number of hydrazine groups is 1. The maximum atomic E-state index is 10.7. The summed E-state index contributed by atoms with van der Waals surface area (Å²) in [5.41, 5.74) is 6.89. The van der Waals surface area contributed by atoms with E-state index in [1.165, 1.54) is 12.1 Å². The molecular formula is C14H14N4O3S. The van der Waals surface area contributed by atoms with Gasteiger partial charge in [0.1, 0.15) is 5.75 Å². The Balaban J connectivity index is 1.89. The highest BCUT2D eigenvalue weighted by atomic mass is 32.1. The molecule has 0 fully saturated rings. The summed E-state index contributed by atoms with van der Waals surface area (Å²) in [6.07, 6.45) is 0. The Morgan fingerprint density at radius 2 is 1.91 bits per heavy atom. The van der Waals surface area contributed by atoms with Crippen LogP contribution in [0.1, 0.15) is 0 Å². The predicted octanol–water partition coefficient (Wildman–Crippen LogP) is 2.92.